The molecule has 166 valence electrons. The minimum absolute atomic E-state index is 0.0575. The molecular weight excluding hydrogens is 380 g/mol. The third kappa shape index (κ3) is 41.3. The normalized spacial score (nSPS) is 11.3. The molecule has 0 fully saturated rings. The van der Waals surface area contributed by atoms with Crippen molar-refractivity contribution in [1.82, 2.24) is 0 Å². The molecule has 0 aromatic rings. The van der Waals surface area contributed by atoms with Crippen molar-refractivity contribution in [3.8, 4) is 0 Å². The number of hydrogen-bond acceptors (Lipinski definition) is 7. The first-order valence-electron chi connectivity index (χ1n) is 9.53. The third-order valence-corrected chi connectivity index (χ3v) is 3.24. The predicted molar refractivity (Wildman–Crippen MR) is 103 cm³/mol. The Bertz CT molecular complexity index is 335. The smallest absolute Gasteiger partial charge is 0.394 e. The van der Waals surface area contributed by atoms with E-state index >= 15 is 0 Å². The lowest BCUT2D eigenvalue weighted by Crippen LogP contribution is -2.12. The third-order valence-electron chi connectivity index (χ3n) is 3.24. The zero-order valence-electron chi connectivity index (χ0n) is 16.5. The standard InChI is InChI=1S/C17H36O5.H2O4S/c1-2-3-4-5-6-7-8-10-19-12-14-21-16-17-22-15-13-20-11-9-18;1-5(2,3)4/h18H,2-17H2,1H3;(H2,1,2,3,4). The lowest BCUT2D eigenvalue weighted by molar-refractivity contribution is -0.00577. The SMILES string of the molecule is CCCCCCCCCOCCOCCOCCOCCO.O=S(=O)(O)O. The van der Waals surface area contributed by atoms with Crippen LogP contribution in [0.25, 0.3) is 0 Å². The van der Waals surface area contributed by atoms with E-state index in [0.717, 1.165) is 13.0 Å². The van der Waals surface area contributed by atoms with E-state index in [1.807, 2.05) is 0 Å². The van der Waals surface area contributed by atoms with Gasteiger partial charge in [-0.25, -0.2) is 0 Å². The van der Waals surface area contributed by atoms with Gasteiger partial charge in [0.2, 0.25) is 0 Å². The van der Waals surface area contributed by atoms with E-state index in [1.165, 1.54) is 38.5 Å². The molecule has 0 aromatic carbocycles. The molecule has 0 saturated heterocycles. The maximum atomic E-state index is 8.74. The van der Waals surface area contributed by atoms with Crippen LogP contribution in [-0.2, 0) is 29.3 Å². The van der Waals surface area contributed by atoms with Crippen molar-refractivity contribution in [1.29, 1.82) is 0 Å². The van der Waals surface area contributed by atoms with Gasteiger partial charge in [0, 0.05) is 6.61 Å². The fraction of sp³-hybridized carbons (Fsp3) is 1.00. The van der Waals surface area contributed by atoms with E-state index in [9.17, 15) is 0 Å². The summed E-state index contributed by atoms with van der Waals surface area (Å²) >= 11 is 0. The number of hydrogen-bond donors (Lipinski definition) is 3. The number of rotatable bonds is 19. The molecule has 0 aliphatic carbocycles. The van der Waals surface area contributed by atoms with Crippen molar-refractivity contribution < 1.29 is 41.6 Å². The van der Waals surface area contributed by atoms with Crippen LogP contribution in [0.3, 0.4) is 0 Å². The second-order valence-corrected chi connectivity index (χ2v) is 6.64. The van der Waals surface area contributed by atoms with Crippen LogP contribution in [0, 0.1) is 0 Å². The van der Waals surface area contributed by atoms with Crippen LogP contribution in [0.5, 0.6) is 0 Å². The molecule has 0 spiro atoms. The molecule has 0 rings (SSSR count). The lowest BCUT2D eigenvalue weighted by atomic mass is 10.1. The highest BCUT2D eigenvalue weighted by Gasteiger charge is 1.94. The Hall–Kier alpha value is -0.330. The van der Waals surface area contributed by atoms with Gasteiger partial charge in [-0.2, -0.15) is 8.42 Å². The minimum atomic E-state index is -4.67. The Balaban J connectivity index is 0. The number of aliphatic hydroxyl groups is 1. The van der Waals surface area contributed by atoms with Crippen LogP contribution in [0.1, 0.15) is 51.9 Å². The zero-order chi connectivity index (χ0) is 20.6. The summed E-state index contributed by atoms with van der Waals surface area (Å²) in [6.45, 7) is 7.01. The molecule has 9 nitrogen and oxygen atoms in total. The Morgan fingerprint density at radius 2 is 0.926 bits per heavy atom. The highest BCUT2D eigenvalue weighted by atomic mass is 32.3. The summed E-state index contributed by atoms with van der Waals surface area (Å²) in [4.78, 5) is 0. The molecule has 0 radical (unpaired) electrons. The van der Waals surface area contributed by atoms with Crippen LogP contribution >= 0.6 is 0 Å². The summed E-state index contributed by atoms with van der Waals surface area (Å²) in [7, 11) is -4.67. The number of unbranched alkanes of at least 4 members (excludes halogenated alkanes) is 6. The summed E-state index contributed by atoms with van der Waals surface area (Å²) in [6, 6.07) is 0. The molecule has 3 N–H and O–H groups in total. The van der Waals surface area contributed by atoms with E-state index in [-0.39, 0.29) is 6.61 Å². The first kappa shape index (κ1) is 28.9. The molecule has 0 atom stereocenters. The van der Waals surface area contributed by atoms with Crippen molar-refractivity contribution in [2.24, 2.45) is 0 Å². The Morgan fingerprint density at radius 3 is 1.33 bits per heavy atom. The van der Waals surface area contributed by atoms with Gasteiger partial charge in [-0.15, -0.1) is 0 Å². The maximum Gasteiger partial charge on any atom is 0.394 e. The van der Waals surface area contributed by atoms with E-state index in [1.54, 1.807) is 0 Å². The van der Waals surface area contributed by atoms with Gasteiger partial charge in [0.15, 0.2) is 0 Å². The molecule has 0 aromatic heterocycles. The molecular formula is C17H38O9S. The Labute approximate surface area is 163 Å². The van der Waals surface area contributed by atoms with E-state index in [0.29, 0.717) is 46.2 Å². The van der Waals surface area contributed by atoms with Crippen LogP contribution in [0.15, 0.2) is 0 Å². The molecule has 0 aliphatic rings. The van der Waals surface area contributed by atoms with Gasteiger partial charge < -0.3 is 24.1 Å². The van der Waals surface area contributed by atoms with Gasteiger partial charge in [-0.3, -0.25) is 9.11 Å². The summed E-state index contributed by atoms with van der Waals surface area (Å²) < 4.78 is 52.9. The monoisotopic (exact) mass is 418 g/mol. The Morgan fingerprint density at radius 1 is 0.593 bits per heavy atom. The zero-order valence-corrected chi connectivity index (χ0v) is 17.3. The van der Waals surface area contributed by atoms with Crippen molar-refractivity contribution in [2.45, 2.75) is 51.9 Å². The minimum Gasteiger partial charge on any atom is -0.394 e. The fourth-order valence-electron chi connectivity index (χ4n) is 1.99. The summed E-state index contributed by atoms with van der Waals surface area (Å²) in [6.07, 6.45) is 9.18. The summed E-state index contributed by atoms with van der Waals surface area (Å²) in [5.41, 5.74) is 0. The van der Waals surface area contributed by atoms with Crippen LogP contribution in [0.4, 0.5) is 0 Å². The van der Waals surface area contributed by atoms with Crippen LogP contribution in [-0.4, -0.2) is 82.1 Å². The fourth-order valence-corrected chi connectivity index (χ4v) is 1.99. The second kappa shape index (κ2) is 23.7. The van der Waals surface area contributed by atoms with Crippen LogP contribution in [0.2, 0.25) is 0 Å². The van der Waals surface area contributed by atoms with E-state index in [2.05, 4.69) is 6.92 Å². The van der Waals surface area contributed by atoms with Gasteiger partial charge in [0.1, 0.15) is 0 Å². The van der Waals surface area contributed by atoms with E-state index < -0.39 is 10.4 Å². The molecule has 27 heavy (non-hydrogen) atoms. The topological polar surface area (TPSA) is 132 Å². The lowest BCUT2D eigenvalue weighted by Gasteiger charge is -2.07. The molecule has 0 amide bonds. The molecule has 0 bridgehead atoms. The second-order valence-electron chi connectivity index (χ2n) is 5.74. The largest absolute Gasteiger partial charge is 0.394 e. The average molecular weight is 419 g/mol. The first-order chi connectivity index (χ1) is 12.9. The predicted octanol–water partition coefficient (Wildman–Crippen LogP) is 2.14. The van der Waals surface area contributed by atoms with Gasteiger partial charge >= 0.3 is 10.4 Å². The van der Waals surface area contributed by atoms with Gasteiger partial charge in [0.25, 0.3) is 0 Å². The van der Waals surface area contributed by atoms with Crippen molar-refractivity contribution in [3.63, 3.8) is 0 Å². The molecule has 0 saturated carbocycles. The van der Waals surface area contributed by atoms with Crippen molar-refractivity contribution in [2.75, 3.05) is 59.5 Å². The highest BCUT2D eigenvalue weighted by molar-refractivity contribution is 7.79. The summed E-state index contributed by atoms with van der Waals surface area (Å²) in [5, 5.41) is 8.50. The Kier molecular flexibility index (Phi) is 25.4. The average Bonchev–Trinajstić information content (AvgIpc) is 2.59. The first-order valence-corrected chi connectivity index (χ1v) is 10.9. The number of aliphatic hydroxyl groups excluding tert-OH is 1. The number of ether oxygens (including phenoxy) is 4. The molecule has 0 heterocycles. The molecule has 10 heteroatoms. The summed E-state index contributed by atoms with van der Waals surface area (Å²) in [5.74, 6) is 0. The molecule has 0 aliphatic heterocycles. The highest BCUT2D eigenvalue weighted by Crippen LogP contribution is 2.06. The van der Waals surface area contributed by atoms with Crippen molar-refractivity contribution in [3.05, 3.63) is 0 Å². The van der Waals surface area contributed by atoms with Gasteiger partial charge in [0.05, 0.1) is 52.9 Å². The molecule has 0 unspecified atom stereocenters. The van der Waals surface area contributed by atoms with Crippen molar-refractivity contribution >= 4 is 10.4 Å². The van der Waals surface area contributed by atoms with Gasteiger partial charge in [-0.1, -0.05) is 45.4 Å². The van der Waals surface area contributed by atoms with E-state index in [4.69, 9.17) is 41.6 Å². The quantitative estimate of drug-likeness (QED) is 0.213. The van der Waals surface area contributed by atoms with Crippen LogP contribution < -0.4 is 0 Å². The van der Waals surface area contributed by atoms with Gasteiger partial charge in [-0.05, 0) is 6.42 Å². The maximum absolute atomic E-state index is 8.74.